The van der Waals surface area contributed by atoms with Crippen LogP contribution >= 0.6 is 28.3 Å². The van der Waals surface area contributed by atoms with Gasteiger partial charge in [0.15, 0.2) is 6.61 Å². The number of piperidine rings is 1. The van der Waals surface area contributed by atoms with Gasteiger partial charge in [-0.25, -0.2) is 4.79 Å². The van der Waals surface area contributed by atoms with Crippen LogP contribution in [-0.2, 0) is 17.6 Å². The number of aliphatic carboxylic acids is 1. The van der Waals surface area contributed by atoms with E-state index in [1.165, 1.54) is 10.6 Å². The van der Waals surface area contributed by atoms with E-state index >= 15 is 0 Å². The van der Waals surface area contributed by atoms with Crippen LogP contribution in [0.25, 0.3) is 0 Å². The third kappa shape index (κ3) is 6.05. The Morgan fingerprint density at radius 3 is 2.60 bits per heavy atom. The molecular formula is C17H22BrN3O3S. The molecular weight excluding hydrogens is 406 g/mol. The molecule has 25 heavy (non-hydrogen) atoms. The maximum absolute atomic E-state index is 10.5. The Bertz CT molecular complexity index is 672. The molecule has 0 radical (unpaired) electrons. The van der Waals surface area contributed by atoms with Crippen LogP contribution in [0.1, 0.15) is 34.3 Å². The van der Waals surface area contributed by atoms with Gasteiger partial charge < -0.3 is 15.2 Å². The van der Waals surface area contributed by atoms with Crippen LogP contribution < -0.4 is 10.1 Å². The maximum Gasteiger partial charge on any atom is 0.341 e. The summed E-state index contributed by atoms with van der Waals surface area (Å²) in [5, 5.41) is 22.9. The number of benzene rings is 1. The summed E-state index contributed by atoms with van der Waals surface area (Å²) in [5.41, 5.74) is 1.18. The van der Waals surface area contributed by atoms with Crippen LogP contribution in [0.2, 0.25) is 0 Å². The average Bonchev–Trinajstić information content (AvgIpc) is 3.09. The highest BCUT2D eigenvalue weighted by atomic mass is 79.9. The summed E-state index contributed by atoms with van der Waals surface area (Å²) >= 11 is 1.73. The summed E-state index contributed by atoms with van der Waals surface area (Å²) in [6.45, 7) is 1.81. The highest BCUT2D eigenvalue weighted by Crippen LogP contribution is 2.28. The third-order valence-corrected chi connectivity index (χ3v) is 5.23. The van der Waals surface area contributed by atoms with Crippen LogP contribution in [0, 0.1) is 0 Å². The summed E-state index contributed by atoms with van der Waals surface area (Å²) in [4.78, 5) is 10.5. The molecule has 8 heteroatoms. The van der Waals surface area contributed by atoms with E-state index in [2.05, 4.69) is 15.5 Å². The van der Waals surface area contributed by atoms with E-state index in [0.717, 1.165) is 43.8 Å². The Hall–Kier alpha value is -1.51. The van der Waals surface area contributed by atoms with Gasteiger partial charge in [0.2, 0.25) is 0 Å². The lowest BCUT2D eigenvalue weighted by molar-refractivity contribution is -0.139. The second kappa shape index (κ2) is 9.84. The lowest BCUT2D eigenvalue weighted by Crippen LogP contribution is -2.26. The number of carbonyl (C=O) groups is 1. The summed E-state index contributed by atoms with van der Waals surface area (Å²) in [6, 6.07) is 7.54. The molecule has 2 N–H and O–H groups in total. The fourth-order valence-corrected chi connectivity index (χ4v) is 3.76. The van der Waals surface area contributed by atoms with Gasteiger partial charge in [-0.1, -0.05) is 12.1 Å². The van der Waals surface area contributed by atoms with Crippen molar-refractivity contribution >= 4 is 34.3 Å². The topological polar surface area (TPSA) is 84.3 Å². The number of carboxylic acids is 1. The molecule has 6 nitrogen and oxygen atoms in total. The molecule has 1 aliphatic rings. The molecule has 2 heterocycles. The molecule has 1 aromatic heterocycles. The zero-order valence-corrected chi connectivity index (χ0v) is 16.3. The van der Waals surface area contributed by atoms with Crippen molar-refractivity contribution in [1.29, 1.82) is 0 Å². The van der Waals surface area contributed by atoms with E-state index in [9.17, 15) is 4.79 Å². The molecule has 0 atom stereocenters. The zero-order valence-electron chi connectivity index (χ0n) is 13.8. The number of halogens is 1. The van der Waals surface area contributed by atoms with Crippen molar-refractivity contribution in [3.8, 4) is 5.75 Å². The molecule has 1 saturated heterocycles. The van der Waals surface area contributed by atoms with E-state index in [1.54, 1.807) is 23.5 Å². The SMILES string of the molecule is Br.O=C(O)COc1ccc(CCc2nnc(C3CCNCC3)s2)cc1. The fraction of sp³-hybridized carbons (Fsp3) is 0.471. The Balaban J connectivity index is 0.00000225. The number of nitrogens with one attached hydrogen (secondary N) is 1. The smallest absolute Gasteiger partial charge is 0.341 e. The Morgan fingerprint density at radius 1 is 1.20 bits per heavy atom. The van der Waals surface area contributed by atoms with Crippen molar-refractivity contribution in [3.63, 3.8) is 0 Å². The molecule has 1 fully saturated rings. The minimum atomic E-state index is -0.972. The largest absolute Gasteiger partial charge is 0.482 e. The van der Waals surface area contributed by atoms with Crippen molar-refractivity contribution in [2.45, 2.75) is 31.6 Å². The number of aromatic nitrogens is 2. The number of hydrogen-bond donors (Lipinski definition) is 2. The van der Waals surface area contributed by atoms with Crippen molar-refractivity contribution in [3.05, 3.63) is 39.8 Å². The van der Waals surface area contributed by atoms with E-state index in [4.69, 9.17) is 9.84 Å². The van der Waals surface area contributed by atoms with Crippen molar-refractivity contribution in [1.82, 2.24) is 15.5 Å². The Kier molecular flexibility index (Phi) is 7.80. The monoisotopic (exact) mass is 427 g/mol. The average molecular weight is 428 g/mol. The van der Waals surface area contributed by atoms with E-state index in [1.807, 2.05) is 12.1 Å². The van der Waals surface area contributed by atoms with Crippen LogP contribution in [0.3, 0.4) is 0 Å². The minimum Gasteiger partial charge on any atom is -0.482 e. The molecule has 0 saturated carbocycles. The third-order valence-electron chi connectivity index (χ3n) is 4.08. The quantitative estimate of drug-likeness (QED) is 0.706. The number of carboxylic acid groups (broad SMARTS) is 1. The fourth-order valence-electron chi connectivity index (χ4n) is 2.75. The first-order valence-corrected chi connectivity index (χ1v) is 8.99. The molecule has 0 amide bonds. The number of ether oxygens (including phenoxy) is 1. The summed E-state index contributed by atoms with van der Waals surface area (Å²) < 4.78 is 5.13. The molecule has 0 unspecified atom stereocenters. The minimum absolute atomic E-state index is 0. The molecule has 2 aromatic rings. The summed E-state index contributed by atoms with van der Waals surface area (Å²) in [6.07, 6.45) is 4.05. The maximum atomic E-state index is 10.5. The molecule has 1 aromatic carbocycles. The molecule has 0 bridgehead atoms. The molecule has 136 valence electrons. The number of aryl methyl sites for hydroxylation is 2. The first kappa shape index (κ1) is 19.8. The van der Waals surface area contributed by atoms with Gasteiger partial charge in [-0.15, -0.1) is 38.5 Å². The van der Waals surface area contributed by atoms with Crippen molar-refractivity contribution < 1.29 is 14.6 Å². The lowest BCUT2D eigenvalue weighted by atomic mass is 9.99. The van der Waals surface area contributed by atoms with Crippen LogP contribution in [0.15, 0.2) is 24.3 Å². The van der Waals surface area contributed by atoms with Crippen molar-refractivity contribution in [2.24, 2.45) is 0 Å². The lowest BCUT2D eigenvalue weighted by Gasteiger charge is -2.19. The normalized spacial score (nSPS) is 14.7. The van der Waals surface area contributed by atoms with Gasteiger partial charge in [0.25, 0.3) is 0 Å². The predicted octanol–water partition coefficient (Wildman–Crippen LogP) is 2.83. The first-order chi connectivity index (χ1) is 11.7. The highest BCUT2D eigenvalue weighted by Gasteiger charge is 2.19. The number of nitrogens with zero attached hydrogens (tertiary/aromatic N) is 2. The highest BCUT2D eigenvalue weighted by molar-refractivity contribution is 8.93. The van der Waals surface area contributed by atoms with Crippen LogP contribution in [0.4, 0.5) is 0 Å². The van der Waals surface area contributed by atoms with Gasteiger partial charge in [0.05, 0.1) is 0 Å². The number of rotatable bonds is 7. The molecule has 0 spiro atoms. The van der Waals surface area contributed by atoms with Gasteiger partial charge in [0, 0.05) is 12.3 Å². The van der Waals surface area contributed by atoms with Gasteiger partial charge in [0.1, 0.15) is 15.8 Å². The van der Waals surface area contributed by atoms with Gasteiger partial charge >= 0.3 is 5.97 Å². The van der Waals surface area contributed by atoms with Gasteiger partial charge in [-0.3, -0.25) is 0 Å². The Morgan fingerprint density at radius 2 is 1.92 bits per heavy atom. The molecule has 0 aliphatic carbocycles. The van der Waals surface area contributed by atoms with Crippen LogP contribution in [-0.4, -0.2) is 41.0 Å². The van der Waals surface area contributed by atoms with Gasteiger partial charge in [-0.05, 0) is 50.0 Å². The molecule has 3 rings (SSSR count). The van der Waals surface area contributed by atoms with Crippen LogP contribution in [0.5, 0.6) is 5.75 Å². The first-order valence-electron chi connectivity index (χ1n) is 8.17. The van der Waals surface area contributed by atoms with Crippen molar-refractivity contribution in [2.75, 3.05) is 19.7 Å². The summed E-state index contributed by atoms with van der Waals surface area (Å²) in [5.74, 6) is 0.160. The number of hydrogen-bond acceptors (Lipinski definition) is 6. The second-order valence-corrected chi connectivity index (χ2v) is 6.98. The Labute approximate surface area is 161 Å². The zero-order chi connectivity index (χ0) is 16.8. The predicted molar refractivity (Wildman–Crippen MR) is 102 cm³/mol. The van der Waals surface area contributed by atoms with E-state index in [-0.39, 0.29) is 23.6 Å². The van der Waals surface area contributed by atoms with Gasteiger partial charge in [-0.2, -0.15) is 0 Å². The molecule has 1 aliphatic heterocycles. The van der Waals surface area contributed by atoms with E-state index < -0.39 is 5.97 Å². The standard InChI is InChI=1S/C17H21N3O3S.BrH/c21-16(22)11-23-14-4-1-12(2-5-14)3-6-15-19-20-17(24-15)13-7-9-18-10-8-13;/h1-2,4-5,13,18H,3,6-11H2,(H,21,22);1H. The second-order valence-electron chi connectivity index (χ2n) is 5.88. The van der Waals surface area contributed by atoms with E-state index in [0.29, 0.717) is 11.7 Å². The summed E-state index contributed by atoms with van der Waals surface area (Å²) in [7, 11) is 0.